The average Bonchev–Trinajstić information content (AvgIpc) is 2.52. The third-order valence-corrected chi connectivity index (χ3v) is 3.01. The summed E-state index contributed by atoms with van der Waals surface area (Å²) in [5.41, 5.74) is 6.22. The lowest BCUT2D eigenvalue weighted by Crippen LogP contribution is -2.17. The minimum atomic E-state index is -0.0456. The van der Waals surface area contributed by atoms with Gasteiger partial charge in [-0.3, -0.25) is 4.79 Å². The predicted octanol–water partition coefficient (Wildman–Crippen LogP) is 1.31. The standard InChI is InChI=1S/C15H19N5O3/c1-9(21)10-5-6-11(12(7-10)22-4)23-8-13-17-14(16)19-15(18-13)20(2)3/h5-7H,8H2,1-4H3,(H2,16,17,18,19). The largest absolute Gasteiger partial charge is 0.493 e. The van der Waals surface area contributed by atoms with Crippen LogP contribution in [-0.2, 0) is 6.61 Å². The number of ketones is 1. The topological polar surface area (TPSA) is 103 Å². The van der Waals surface area contributed by atoms with Crippen molar-refractivity contribution in [3.63, 3.8) is 0 Å². The highest BCUT2D eigenvalue weighted by Gasteiger charge is 2.11. The number of ether oxygens (including phenoxy) is 2. The van der Waals surface area contributed by atoms with Gasteiger partial charge in [0.2, 0.25) is 11.9 Å². The zero-order valence-corrected chi connectivity index (χ0v) is 13.5. The number of aromatic nitrogens is 3. The van der Waals surface area contributed by atoms with E-state index in [2.05, 4.69) is 15.0 Å². The molecule has 0 bridgehead atoms. The Balaban J connectivity index is 2.19. The number of nitrogens with two attached hydrogens (primary N) is 1. The molecule has 1 aromatic heterocycles. The highest BCUT2D eigenvalue weighted by Crippen LogP contribution is 2.28. The maximum Gasteiger partial charge on any atom is 0.230 e. The lowest BCUT2D eigenvalue weighted by molar-refractivity contribution is 0.101. The summed E-state index contributed by atoms with van der Waals surface area (Å²) < 4.78 is 10.9. The number of hydrogen-bond acceptors (Lipinski definition) is 8. The molecule has 2 rings (SSSR count). The van der Waals surface area contributed by atoms with Gasteiger partial charge in [0.25, 0.3) is 0 Å². The lowest BCUT2D eigenvalue weighted by Gasteiger charge is -2.13. The van der Waals surface area contributed by atoms with E-state index in [0.29, 0.717) is 28.8 Å². The van der Waals surface area contributed by atoms with Crippen molar-refractivity contribution in [3.05, 3.63) is 29.6 Å². The molecule has 0 fully saturated rings. The van der Waals surface area contributed by atoms with Crippen molar-refractivity contribution >= 4 is 17.7 Å². The number of Topliss-reactive ketones (excluding diaryl/α,β-unsaturated/α-hetero) is 1. The van der Waals surface area contributed by atoms with Crippen molar-refractivity contribution in [1.82, 2.24) is 15.0 Å². The van der Waals surface area contributed by atoms with Crippen LogP contribution in [0.5, 0.6) is 11.5 Å². The second-order valence-corrected chi connectivity index (χ2v) is 5.01. The van der Waals surface area contributed by atoms with Crippen molar-refractivity contribution in [2.24, 2.45) is 0 Å². The molecule has 2 N–H and O–H groups in total. The molecule has 0 unspecified atom stereocenters. The molecule has 2 aromatic rings. The Kier molecular flexibility index (Phi) is 4.95. The molecule has 23 heavy (non-hydrogen) atoms. The van der Waals surface area contributed by atoms with E-state index >= 15 is 0 Å². The van der Waals surface area contributed by atoms with E-state index in [9.17, 15) is 4.79 Å². The Morgan fingerprint density at radius 1 is 1.22 bits per heavy atom. The first-order chi connectivity index (χ1) is 10.9. The molecule has 0 saturated heterocycles. The van der Waals surface area contributed by atoms with E-state index in [1.54, 1.807) is 23.1 Å². The summed E-state index contributed by atoms with van der Waals surface area (Å²) in [7, 11) is 5.13. The number of hydrogen-bond donors (Lipinski definition) is 1. The SMILES string of the molecule is COc1cc(C(C)=O)ccc1OCc1nc(N)nc(N(C)C)n1. The maximum absolute atomic E-state index is 11.4. The van der Waals surface area contributed by atoms with Gasteiger partial charge in [-0.05, 0) is 25.1 Å². The summed E-state index contributed by atoms with van der Waals surface area (Å²) in [6.07, 6.45) is 0. The summed E-state index contributed by atoms with van der Waals surface area (Å²) >= 11 is 0. The highest BCUT2D eigenvalue weighted by molar-refractivity contribution is 5.94. The van der Waals surface area contributed by atoms with E-state index in [0.717, 1.165) is 0 Å². The molecular weight excluding hydrogens is 298 g/mol. The van der Waals surface area contributed by atoms with Crippen LogP contribution >= 0.6 is 0 Å². The number of methoxy groups -OCH3 is 1. The van der Waals surface area contributed by atoms with Gasteiger partial charge in [0.15, 0.2) is 23.1 Å². The zero-order valence-electron chi connectivity index (χ0n) is 13.5. The molecule has 122 valence electrons. The molecule has 1 aromatic carbocycles. The number of carbonyl (C=O) groups excluding carboxylic acids is 1. The summed E-state index contributed by atoms with van der Waals surface area (Å²) in [4.78, 5) is 25.4. The third kappa shape index (κ3) is 4.06. The molecule has 0 saturated carbocycles. The van der Waals surface area contributed by atoms with Gasteiger partial charge < -0.3 is 20.1 Å². The van der Waals surface area contributed by atoms with Crippen molar-refractivity contribution in [2.45, 2.75) is 13.5 Å². The smallest absolute Gasteiger partial charge is 0.230 e. The van der Waals surface area contributed by atoms with Gasteiger partial charge in [0.05, 0.1) is 7.11 Å². The molecule has 0 atom stereocenters. The summed E-state index contributed by atoms with van der Waals surface area (Å²) in [6, 6.07) is 4.98. The van der Waals surface area contributed by atoms with E-state index in [-0.39, 0.29) is 18.3 Å². The molecule has 0 aliphatic heterocycles. The van der Waals surface area contributed by atoms with Crippen LogP contribution in [0.3, 0.4) is 0 Å². The lowest BCUT2D eigenvalue weighted by atomic mass is 10.1. The van der Waals surface area contributed by atoms with Crippen molar-refractivity contribution in [1.29, 1.82) is 0 Å². The minimum absolute atomic E-state index is 0.0456. The van der Waals surface area contributed by atoms with Crippen LogP contribution < -0.4 is 20.1 Å². The molecule has 0 amide bonds. The minimum Gasteiger partial charge on any atom is -0.493 e. The Morgan fingerprint density at radius 2 is 1.96 bits per heavy atom. The van der Waals surface area contributed by atoms with Gasteiger partial charge >= 0.3 is 0 Å². The molecule has 8 nitrogen and oxygen atoms in total. The molecule has 1 heterocycles. The van der Waals surface area contributed by atoms with E-state index < -0.39 is 0 Å². The van der Waals surface area contributed by atoms with Gasteiger partial charge in [0, 0.05) is 19.7 Å². The van der Waals surface area contributed by atoms with Crippen LogP contribution in [0.25, 0.3) is 0 Å². The molecule has 0 spiro atoms. The second kappa shape index (κ2) is 6.91. The van der Waals surface area contributed by atoms with Crippen LogP contribution in [0.15, 0.2) is 18.2 Å². The van der Waals surface area contributed by atoms with Crippen LogP contribution in [0, 0.1) is 0 Å². The summed E-state index contributed by atoms with van der Waals surface area (Å²) in [6.45, 7) is 1.59. The van der Waals surface area contributed by atoms with Crippen LogP contribution in [0.4, 0.5) is 11.9 Å². The average molecular weight is 317 g/mol. The fourth-order valence-electron chi connectivity index (χ4n) is 1.84. The highest BCUT2D eigenvalue weighted by atomic mass is 16.5. The van der Waals surface area contributed by atoms with Crippen LogP contribution in [0.1, 0.15) is 23.1 Å². The van der Waals surface area contributed by atoms with Gasteiger partial charge in [-0.1, -0.05) is 0 Å². The van der Waals surface area contributed by atoms with Gasteiger partial charge in [-0.2, -0.15) is 15.0 Å². The monoisotopic (exact) mass is 317 g/mol. The van der Waals surface area contributed by atoms with Crippen LogP contribution in [-0.4, -0.2) is 41.9 Å². The molecule has 0 radical (unpaired) electrons. The number of nitrogen functional groups attached to an aromatic ring is 1. The zero-order chi connectivity index (χ0) is 17.0. The van der Waals surface area contributed by atoms with Gasteiger partial charge in [0.1, 0.15) is 6.61 Å². The van der Waals surface area contributed by atoms with Crippen LogP contribution in [0.2, 0.25) is 0 Å². The predicted molar refractivity (Wildman–Crippen MR) is 85.9 cm³/mol. The van der Waals surface area contributed by atoms with Gasteiger partial charge in [-0.25, -0.2) is 0 Å². The Hall–Kier alpha value is -2.90. The Morgan fingerprint density at radius 3 is 2.57 bits per heavy atom. The number of rotatable bonds is 6. The quantitative estimate of drug-likeness (QED) is 0.795. The maximum atomic E-state index is 11.4. The fourth-order valence-corrected chi connectivity index (χ4v) is 1.84. The van der Waals surface area contributed by atoms with E-state index in [1.807, 2.05) is 14.1 Å². The molecular formula is C15H19N5O3. The number of carbonyl (C=O) groups is 1. The first-order valence-corrected chi connectivity index (χ1v) is 6.90. The first kappa shape index (κ1) is 16.5. The fraction of sp³-hybridized carbons (Fsp3) is 0.333. The number of nitrogens with zero attached hydrogens (tertiary/aromatic N) is 4. The number of anilines is 2. The van der Waals surface area contributed by atoms with Crippen molar-refractivity contribution in [2.75, 3.05) is 31.8 Å². The normalized spacial score (nSPS) is 10.3. The second-order valence-electron chi connectivity index (χ2n) is 5.01. The summed E-state index contributed by atoms with van der Waals surface area (Å²) in [5, 5.41) is 0. The number of benzene rings is 1. The first-order valence-electron chi connectivity index (χ1n) is 6.90. The molecule has 0 aliphatic rings. The Labute approximate surface area is 134 Å². The van der Waals surface area contributed by atoms with Crippen molar-refractivity contribution in [3.8, 4) is 11.5 Å². The van der Waals surface area contributed by atoms with Gasteiger partial charge in [-0.15, -0.1) is 0 Å². The third-order valence-electron chi connectivity index (χ3n) is 3.01. The van der Waals surface area contributed by atoms with Crippen molar-refractivity contribution < 1.29 is 14.3 Å². The van der Waals surface area contributed by atoms with E-state index in [4.69, 9.17) is 15.2 Å². The summed E-state index contributed by atoms with van der Waals surface area (Å²) in [5.74, 6) is 1.89. The Bertz CT molecular complexity index is 718. The van der Waals surface area contributed by atoms with E-state index in [1.165, 1.54) is 14.0 Å². The molecule has 0 aliphatic carbocycles. The molecule has 8 heteroatoms.